The second kappa shape index (κ2) is 9.18. The number of hydrogen-bond acceptors (Lipinski definition) is 3. The minimum absolute atomic E-state index is 0.299. The van der Waals surface area contributed by atoms with Gasteiger partial charge in [-0.3, -0.25) is 9.88 Å². The predicted molar refractivity (Wildman–Crippen MR) is 122 cm³/mol. The summed E-state index contributed by atoms with van der Waals surface area (Å²) in [6, 6.07) is 25.9. The fourth-order valence-electron chi connectivity index (χ4n) is 3.35. The maximum Gasteiger partial charge on any atom is 0.346 e. The highest BCUT2D eigenvalue weighted by Crippen LogP contribution is 2.52. The predicted octanol–water partition coefficient (Wildman–Crippen LogP) is 5.16. The molecule has 6 nitrogen and oxygen atoms in total. The van der Waals surface area contributed by atoms with Gasteiger partial charge in [-0.15, -0.1) is 0 Å². The summed E-state index contributed by atoms with van der Waals surface area (Å²) in [5, 5.41) is 8.27. The smallest absolute Gasteiger partial charge is 0.323 e. The van der Waals surface area contributed by atoms with Crippen molar-refractivity contribution in [1.29, 1.82) is 0 Å². The van der Waals surface area contributed by atoms with E-state index in [4.69, 9.17) is 11.6 Å². The lowest BCUT2D eigenvalue weighted by Crippen LogP contribution is -2.21. The van der Waals surface area contributed by atoms with Crippen LogP contribution >= 0.6 is 19.2 Å². The molecule has 0 bridgehead atoms. The van der Waals surface area contributed by atoms with Crippen molar-refractivity contribution in [1.82, 2.24) is 15.1 Å². The molecule has 1 aromatic heterocycles. The van der Waals surface area contributed by atoms with Gasteiger partial charge in [0.2, 0.25) is 0 Å². The lowest BCUT2D eigenvalue weighted by Gasteiger charge is -2.20. The molecule has 3 N–H and O–H groups in total. The fraction of sp³-hybridized carbons (Fsp3) is 0.0870. The van der Waals surface area contributed by atoms with Crippen molar-refractivity contribution in [3.05, 3.63) is 107 Å². The second-order valence-corrected chi connectivity index (χ2v) is 9.21. The molecule has 3 aromatic carbocycles. The van der Waals surface area contributed by atoms with E-state index < -0.39 is 13.4 Å². The van der Waals surface area contributed by atoms with Crippen LogP contribution in [0.3, 0.4) is 0 Å². The van der Waals surface area contributed by atoms with E-state index in [9.17, 15) is 14.4 Å². The Morgan fingerprint density at radius 2 is 1.55 bits per heavy atom. The van der Waals surface area contributed by atoms with Crippen LogP contribution in [0.25, 0.3) is 16.9 Å². The number of para-hydroxylation sites is 1. The van der Waals surface area contributed by atoms with Gasteiger partial charge >= 0.3 is 7.60 Å². The van der Waals surface area contributed by atoms with Crippen LogP contribution in [0.5, 0.6) is 0 Å². The van der Waals surface area contributed by atoms with Crippen molar-refractivity contribution in [2.45, 2.75) is 12.3 Å². The summed E-state index contributed by atoms with van der Waals surface area (Å²) < 4.78 is 14.1. The molecule has 0 saturated carbocycles. The molecule has 4 rings (SSSR count). The summed E-state index contributed by atoms with van der Waals surface area (Å²) in [4.78, 5) is 20.4. The Hall–Kier alpha value is -2.73. The number of rotatable bonds is 7. The second-order valence-electron chi connectivity index (χ2n) is 7.08. The van der Waals surface area contributed by atoms with Gasteiger partial charge in [0.25, 0.3) is 0 Å². The molecule has 31 heavy (non-hydrogen) atoms. The van der Waals surface area contributed by atoms with Crippen LogP contribution < -0.4 is 5.32 Å². The van der Waals surface area contributed by atoms with Crippen LogP contribution in [-0.4, -0.2) is 19.6 Å². The van der Waals surface area contributed by atoms with Crippen molar-refractivity contribution in [3.63, 3.8) is 0 Å². The van der Waals surface area contributed by atoms with Crippen molar-refractivity contribution in [2.75, 3.05) is 0 Å². The molecule has 158 valence electrons. The number of hydrogen-bond donors (Lipinski definition) is 3. The SMILES string of the molecule is O=P(O)(O)[C@@H](NCc1ccccc1)c1cn(-c2ccccc2)nc1-c1ccc(Cl)cc1. The summed E-state index contributed by atoms with van der Waals surface area (Å²) in [6.07, 6.45) is 1.67. The summed E-state index contributed by atoms with van der Waals surface area (Å²) in [6.45, 7) is 0.299. The third-order valence-electron chi connectivity index (χ3n) is 4.85. The molecule has 0 unspecified atom stereocenters. The summed E-state index contributed by atoms with van der Waals surface area (Å²) in [5.41, 5.74) is 3.32. The third-order valence-corrected chi connectivity index (χ3v) is 6.24. The van der Waals surface area contributed by atoms with E-state index >= 15 is 0 Å². The van der Waals surface area contributed by atoms with Crippen molar-refractivity contribution >= 4 is 19.2 Å². The normalized spacial score (nSPS) is 12.6. The quantitative estimate of drug-likeness (QED) is 0.336. The number of nitrogens with one attached hydrogen (secondary N) is 1. The molecule has 0 saturated heterocycles. The van der Waals surface area contributed by atoms with Gasteiger partial charge < -0.3 is 9.79 Å². The first-order valence-electron chi connectivity index (χ1n) is 9.65. The van der Waals surface area contributed by atoms with Gasteiger partial charge in [-0.25, -0.2) is 4.68 Å². The summed E-state index contributed by atoms with van der Waals surface area (Å²) >= 11 is 6.03. The molecule has 0 radical (unpaired) electrons. The van der Waals surface area contributed by atoms with Gasteiger partial charge in [0.05, 0.1) is 11.4 Å². The van der Waals surface area contributed by atoms with Gasteiger partial charge in [0.1, 0.15) is 5.78 Å². The Balaban J connectivity index is 1.79. The van der Waals surface area contributed by atoms with E-state index in [1.807, 2.05) is 60.7 Å². The first kappa shape index (κ1) is 21.5. The van der Waals surface area contributed by atoms with Crippen LogP contribution in [0, 0.1) is 0 Å². The van der Waals surface area contributed by atoms with Crippen LogP contribution in [0.2, 0.25) is 5.02 Å². The van der Waals surface area contributed by atoms with E-state index in [1.165, 1.54) is 0 Å². The highest BCUT2D eigenvalue weighted by molar-refractivity contribution is 7.52. The Labute approximate surface area is 185 Å². The van der Waals surface area contributed by atoms with Gasteiger partial charge in [-0.1, -0.05) is 72.3 Å². The lowest BCUT2D eigenvalue weighted by molar-refractivity contribution is 0.347. The average molecular weight is 454 g/mol. The molecule has 0 amide bonds. The highest BCUT2D eigenvalue weighted by atomic mass is 35.5. The zero-order chi connectivity index (χ0) is 21.8. The first-order chi connectivity index (χ1) is 14.9. The number of halogens is 1. The van der Waals surface area contributed by atoms with Gasteiger partial charge in [-0.2, -0.15) is 5.10 Å². The molecule has 0 spiro atoms. The molecule has 0 aliphatic heterocycles. The highest BCUT2D eigenvalue weighted by Gasteiger charge is 2.34. The van der Waals surface area contributed by atoms with E-state index in [-0.39, 0.29) is 0 Å². The Morgan fingerprint density at radius 3 is 2.16 bits per heavy atom. The lowest BCUT2D eigenvalue weighted by atomic mass is 10.1. The standard InChI is InChI=1S/C23H21ClN3O3P/c24-19-13-11-18(12-14-19)22-21(16-27(26-22)20-9-5-2-6-10-20)23(31(28,29)30)25-15-17-7-3-1-4-8-17/h1-14,16,23,25H,15H2,(H2,28,29,30)/t23-/m1/s1. The maximum absolute atomic E-state index is 12.5. The Morgan fingerprint density at radius 1 is 0.935 bits per heavy atom. The van der Waals surface area contributed by atoms with Crippen molar-refractivity contribution in [2.24, 2.45) is 0 Å². The van der Waals surface area contributed by atoms with Gasteiger partial charge in [-0.05, 0) is 29.8 Å². The summed E-state index contributed by atoms with van der Waals surface area (Å²) in [5.74, 6) is -1.23. The van der Waals surface area contributed by atoms with E-state index in [2.05, 4.69) is 10.4 Å². The molecular formula is C23H21ClN3O3P. The fourth-order valence-corrected chi connectivity index (χ4v) is 4.36. The van der Waals surface area contributed by atoms with E-state index in [0.717, 1.165) is 11.3 Å². The number of nitrogens with zero attached hydrogens (tertiary/aromatic N) is 2. The van der Waals surface area contributed by atoms with Crippen molar-refractivity contribution in [3.8, 4) is 16.9 Å². The number of aromatic nitrogens is 2. The van der Waals surface area contributed by atoms with Crippen LogP contribution in [-0.2, 0) is 11.1 Å². The summed E-state index contributed by atoms with van der Waals surface area (Å²) in [7, 11) is -4.56. The topological polar surface area (TPSA) is 87.4 Å². The third kappa shape index (κ3) is 5.13. The Kier molecular flexibility index (Phi) is 6.37. The van der Waals surface area contributed by atoms with Crippen molar-refractivity contribution < 1.29 is 14.4 Å². The average Bonchev–Trinajstić information content (AvgIpc) is 3.20. The van der Waals surface area contributed by atoms with Crippen LogP contribution in [0.4, 0.5) is 0 Å². The molecule has 4 aromatic rings. The molecule has 0 fully saturated rings. The largest absolute Gasteiger partial charge is 0.346 e. The molecule has 8 heteroatoms. The zero-order valence-corrected chi connectivity index (χ0v) is 18.1. The van der Waals surface area contributed by atoms with E-state index in [1.54, 1.807) is 35.1 Å². The minimum atomic E-state index is -4.56. The zero-order valence-electron chi connectivity index (χ0n) is 16.5. The Bertz CT molecular complexity index is 1190. The molecule has 0 aliphatic rings. The first-order valence-corrected chi connectivity index (χ1v) is 11.7. The van der Waals surface area contributed by atoms with Crippen LogP contribution in [0.1, 0.15) is 16.9 Å². The van der Waals surface area contributed by atoms with Gasteiger partial charge in [0, 0.05) is 28.9 Å². The molecule has 1 heterocycles. The minimum Gasteiger partial charge on any atom is -0.323 e. The van der Waals surface area contributed by atoms with Gasteiger partial charge in [0.15, 0.2) is 0 Å². The maximum atomic E-state index is 12.5. The molecular weight excluding hydrogens is 433 g/mol. The number of benzene rings is 3. The monoisotopic (exact) mass is 453 g/mol. The molecule has 0 aliphatic carbocycles. The van der Waals surface area contributed by atoms with Crippen LogP contribution in [0.15, 0.2) is 91.1 Å². The molecule has 1 atom stereocenters. The van der Waals surface area contributed by atoms with E-state index in [0.29, 0.717) is 28.4 Å².